The van der Waals surface area contributed by atoms with Gasteiger partial charge >= 0.3 is 6.36 Å². The molecule has 0 aliphatic rings. The number of benzene rings is 2. The van der Waals surface area contributed by atoms with Gasteiger partial charge in [0, 0.05) is 17.7 Å². The van der Waals surface area contributed by atoms with E-state index < -0.39 is 12.1 Å². The monoisotopic (exact) mass is 339 g/mol. The van der Waals surface area contributed by atoms with Gasteiger partial charge < -0.3 is 15.2 Å². The molecule has 2 rings (SSSR count). The van der Waals surface area contributed by atoms with Gasteiger partial charge in [0.05, 0.1) is 0 Å². The molecule has 0 aliphatic heterocycles. The zero-order chi connectivity index (χ0) is 17.7. The van der Waals surface area contributed by atoms with E-state index in [-0.39, 0.29) is 17.2 Å². The average molecular weight is 339 g/mol. The second-order valence-corrected chi connectivity index (χ2v) is 5.06. The number of halogens is 3. The highest BCUT2D eigenvalue weighted by Gasteiger charge is 2.31. The van der Waals surface area contributed by atoms with Crippen molar-refractivity contribution in [2.24, 2.45) is 0 Å². The third-order valence-corrected chi connectivity index (χ3v) is 3.17. The number of alkyl halides is 3. The second-order valence-electron chi connectivity index (χ2n) is 5.06. The summed E-state index contributed by atoms with van der Waals surface area (Å²) in [6.07, 6.45) is -4.04. The minimum Gasteiger partial charge on any atom is -0.507 e. The Morgan fingerprint density at radius 1 is 1.21 bits per heavy atom. The highest BCUT2D eigenvalue weighted by Crippen LogP contribution is 2.34. The van der Waals surface area contributed by atoms with Crippen LogP contribution in [0.1, 0.15) is 23.7 Å². The van der Waals surface area contributed by atoms with Crippen molar-refractivity contribution in [3.8, 4) is 22.6 Å². The summed E-state index contributed by atoms with van der Waals surface area (Å²) in [7, 11) is 0. The first-order chi connectivity index (χ1) is 11.3. The number of hydrogen-bond donors (Lipinski definition) is 2. The van der Waals surface area contributed by atoms with Gasteiger partial charge in [-0.15, -0.1) is 13.2 Å². The Morgan fingerprint density at radius 2 is 1.96 bits per heavy atom. The molecule has 0 bridgehead atoms. The SMILES string of the molecule is CCCNC(=O)c1cccc(-c2cc(OC(F)(F)F)ccc2O)c1. The second kappa shape index (κ2) is 7.25. The number of carbonyl (C=O) groups is 1. The van der Waals surface area contributed by atoms with Crippen LogP contribution in [-0.4, -0.2) is 23.9 Å². The molecule has 1 amide bonds. The summed E-state index contributed by atoms with van der Waals surface area (Å²) in [6.45, 7) is 2.43. The molecule has 0 radical (unpaired) electrons. The largest absolute Gasteiger partial charge is 0.573 e. The van der Waals surface area contributed by atoms with Crippen LogP contribution in [0.2, 0.25) is 0 Å². The van der Waals surface area contributed by atoms with Crippen LogP contribution >= 0.6 is 0 Å². The van der Waals surface area contributed by atoms with Crippen LogP contribution in [-0.2, 0) is 0 Å². The minimum atomic E-state index is -4.82. The Hall–Kier alpha value is -2.70. The van der Waals surface area contributed by atoms with Gasteiger partial charge in [-0.25, -0.2) is 0 Å². The summed E-state index contributed by atoms with van der Waals surface area (Å²) < 4.78 is 40.8. The van der Waals surface area contributed by atoms with E-state index in [2.05, 4.69) is 10.1 Å². The van der Waals surface area contributed by atoms with Crippen LogP contribution < -0.4 is 10.1 Å². The summed E-state index contributed by atoms with van der Waals surface area (Å²) >= 11 is 0. The number of hydrogen-bond acceptors (Lipinski definition) is 3. The van der Waals surface area contributed by atoms with Crippen molar-refractivity contribution < 1.29 is 27.8 Å². The molecule has 0 saturated heterocycles. The molecule has 0 saturated carbocycles. The Labute approximate surface area is 136 Å². The molecule has 2 aromatic carbocycles. The molecule has 7 heteroatoms. The van der Waals surface area contributed by atoms with E-state index in [0.717, 1.165) is 24.6 Å². The van der Waals surface area contributed by atoms with Crippen LogP contribution in [0.3, 0.4) is 0 Å². The number of phenolic OH excluding ortho intramolecular Hbond substituents is 1. The quantitative estimate of drug-likeness (QED) is 0.862. The lowest BCUT2D eigenvalue weighted by molar-refractivity contribution is -0.274. The van der Waals surface area contributed by atoms with Crippen molar-refractivity contribution in [2.45, 2.75) is 19.7 Å². The number of nitrogens with one attached hydrogen (secondary N) is 1. The van der Waals surface area contributed by atoms with Crippen molar-refractivity contribution in [1.29, 1.82) is 0 Å². The van der Waals surface area contributed by atoms with E-state index >= 15 is 0 Å². The van der Waals surface area contributed by atoms with Gasteiger partial charge in [0.1, 0.15) is 11.5 Å². The summed E-state index contributed by atoms with van der Waals surface area (Å²) in [6, 6.07) is 9.46. The standard InChI is InChI=1S/C17H16F3NO3/c1-2-8-21-16(23)12-5-3-4-11(9-12)14-10-13(6-7-15(14)22)24-17(18,19)20/h3-7,9-10,22H,2,8H2,1H3,(H,21,23). The Bertz CT molecular complexity index is 729. The third kappa shape index (κ3) is 4.65. The van der Waals surface area contributed by atoms with Crippen molar-refractivity contribution in [3.05, 3.63) is 48.0 Å². The molecule has 0 aliphatic carbocycles. The maximum Gasteiger partial charge on any atom is 0.573 e. The van der Waals surface area contributed by atoms with Crippen molar-refractivity contribution in [1.82, 2.24) is 5.32 Å². The fourth-order valence-corrected chi connectivity index (χ4v) is 2.11. The number of amides is 1. The van der Waals surface area contributed by atoms with Gasteiger partial charge in [-0.05, 0) is 42.3 Å². The lowest BCUT2D eigenvalue weighted by Crippen LogP contribution is -2.23. The van der Waals surface area contributed by atoms with Gasteiger partial charge in [-0.1, -0.05) is 19.1 Å². The first-order valence-corrected chi connectivity index (χ1v) is 7.27. The van der Waals surface area contributed by atoms with Crippen LogP contribution in [0, 0.1) is 0 Å². The molecular weight excluding hydrogens is 323 g/mol. The highest BCUT2D eigenvalue weighted by atomic mass is 19.4. The lowest BCUT2D eigenvalue weighted by atomic mass is 10.0. The Balaban J connectivity index is 2.34. The molecule has 2 N–H and O–H groups in total. The molecule has 0 fully saturated rings. The third-order valence-electron chi connectivity index (χ3n) is 3.17. The van der Waals surface area contributed by atoms with Crippen LogP contribution in [0.4, 0.5) is 13.2 Å². The van der Waals surface area contributed by atoms with E-state index in [1.165, 1.54) is 6.07 Å². The van der Waals surface area contributed by atoms with Gasteiger partial charge in [0.25, 0.3) is 5.91 Å². The van der Waals surface area contributed by atoms with Crippen LogP contribution in [0.25, 0.3) is 11.1 Å². The maximum absolute atomic E-state index is 12.3. The summed E-state index contributed by atoms with van der Waals surface area (Å²) in [5.41, 5.74) is 0.897. The summed E-state index contributed by atoms with van der Waals surface area (Å²) in [4.78, 5) is 12.0. The zero-order valence-electron chi connectivity index (χ0n) is 12.9. The zero-order valence-corrected chi connectivity index (χ0v) is 12.9. The minimum absolute atomic E-state index is 0.141. The Morgan fingerprint density at radius 3 is 2.62 bits per heavy atom. The maximum atomic E-state index is 12.3. The normalized spacial score (nSPS) is 11.2. The van der Waals surface area contributed by atoms with E-state index in [9.17, 15) is 23.1 Å². The van der Waals surface area contributed by atoms with E-state index in [4.69, 9.17) is 0 Å². The number of aromatic hydroxyl groups is 1. The molecule has 24 heavy (non-hydrogen) atoms. The predicted octanol–water partition coefficient (Wildman–Crippen LogP) is 4.10. The molecule has 2 aromatic rings. The van der Waals surface area contributed by atoms with Gasteiger partial charge in [-0.3, -0.25) is 4.79 Å². The fraction of sp³-hybridized carbons (Fsp3) is 0.235. The molecule has 0 atom stereocenters. The molecule has 128 valence electrons. The van der Waals surface area contributed by atoms with Crippen molar-refractivity contribution in [3.63, 3.8) is 0 Å². The highest BCUT2D eigenvalue weighted by molar-refractivity contribution is 5.95. The summed E-state index contributed by atoms with van der Waals surface area (Å²) in [5, 5.41) is 12.6. The number of carbonyl (C=O) groups excluding carboxylic acids is 1. The van der Waals surface area contributed by atoms with Gasteiger partial charge in [-0.2, -0.15) is 0 Å². The average Bonchev–Trinajstić information content (AvgIpc) is 2.53. The topological polar surface area (TPSA) is 58.6 Å². The first kappa shape index (κ1) is 17.7. The molecule has 0 unspecified atom stereocenters. The van der Waals surface area contributed by atoms with E-state index in [0.29, 0.717) is 17.7 Å². The number of rotatable bonds is 5. The van der Waals surface area contributed by atoms with Gasteiger partial charge in [0.2, 0.25) is 0 Å². The number of ether oxygens (including phenoxy) is 1. The summed E-state index contributed by atoms with van der Waals surface area (Å²) in [5.74, 6) is -0.951. The van der Waals surface area contributed by atoms with Crippen LogP contribution in [0.15, 0.2) is 42.5 Å². The van der Waals surface area contributed by atoms with Crippen LogP contribution in [0.5, 0.6) is 11.5 Å². The van der Waals surface area contributed by atoms with E-state index in [1.807, 2.05) is 6.92 Å². The van der Waals surface area contributed by atoms with Crippen molar-refractivity contribution >= 4 is 5.91 Å². The molecule has 0 aromatic heterocycles. The van der Waals surface area contributed by atoms with Crippen molar-refractivity contribution in [2.75, 3.05) is 6.54 Å². The van der Waals surface area contributed by atoms with Gasteiger partial charge in [0.15, 0.2) is 0 Å². The smallest absolute Gasteiger partial charge is 0.507 e. The van der Waals surface area contributed by atoms with E-state index in [1.54, 1.807) is 18.2 Å². The lowest BCUT2D eigenvalue weighted by Gasteiger charge is -2.12. The first-order valence-electron chi connectivity index (χ1n) is 7.27. The fourth-order valence-electron chi connectivity index (χ4n) is 2.11. The molecule has 0 spiro atoms. The Kier molecular flexibility index (Phi) is 5.33. The molecule has 0 heterocycles. The predicted molar refractivity (Wildman–Crippen MR) is 82.9 cm³/mol. The molecular formula is C17H16F3NO3. The number of phenols is 1. The molecule has 4 nitrogen and oxygen atoms in total.